The molecule has 2 N–H and O–H groups in total. The van der Waals surface area contributed by atoms with Crippen LogP contribution in [0.25, 0.3) is 0 Å². The summed E-state index contributed by atoms with van der Waals surface area (Å²) in [7, 11) is 0. The quantitative estimate of drug-likeness (QED) is 0.560. The molecular formula is C7H7I2N. The molecule has 0 heterocycles. The van der Waals surface area contributed by atoms with Gasteiger partial charge in [0.1, 0.15) is 0 Å². The molecule has 0 bridgehead atoms. The Morgan fingerprint density at radius 3 is 2.00 bits per heavy atom. The van der Waals surface area contributed by atoms with E-state index < -0.39 is 0 Å². The second-order valence-corrected chi connectivity index (χ2v) is 4.47. The molecule has 0 radical (unpaired) electrons. The third kappa shape index (κ3) is 1.75. The maximum Gasteiger partial charge on any atom is 0.0585 e. The van der Waals surface area contributed by atoms with Gasteiger partial charge >= 0.3 is 0 Å². The average Bonchev–Trinajstić information content (AvgIpc) is 1.82. The second-order valence-electron chi connectivity index (χ2n) is 2.14. The van der Waals surface area contributed by atoms with Crippen LogP contribution < -0.4 is 5.73 Å². The van der Waals surface area contributed by atoms with E-state index in [1.807, 2.05) is 0 Å². The van der Waals surface area contributed by atoms with Crippen LogP contribution in [0, 0.1) is 14.1 Å². The fourth-order valence-electron chi connectivity index (χ4n) is 0.711. The van der Waals surface area contributed by atoms with Crippen molar-refractivity contribution in [3.8, 4) is 0 Å². The molecule has 0 fully saturated rings. The summed E-state index contributed by atoms with van der Waals surface area (Å²) in [4.78, 5) is 0. The number of nitrogens with two attached hydrogens (primary N) is 1. The van der Waals surface area contributed by atoms with E-state index in [0.717, 1.165) is 12.8 Å². The summed E-state index contributed by atoms with van der Waals surface area (Å²) in [6.07, 6.45) is 0. The summed E-state index contributed by atoms with van der Waals surface area (Å²) < 4.78 is 2.28. The zero-order valence-electron chi connectivity index (χ0n) is 5.49. The van der Waals surface area contributed by atoms with Crippen LogP contribution in [0.5, 0.6) is 0 Å². The van der Waals surface area contributed by atoms with E-state index in [4.69, 9.17) is 5.73 Å². The zero-order valence-corrected chi connectivity index (χ0v) is 9.80. The van der Waals surface area contributed by atoms with E-state index in [1.54, 1.807) is 0 Å². The summed E-state index contributed by atoms with van der Waals surface area (Å²) in [6.45, 7) is 2.07. The molecule has 0 aromatic heterocycles. The van der Waals surface area contributed by atoms with Crippen molar-refractivity contribution in [2.24, 2.45) is 0 Å². The molecule has 0 saturated carbocycles. The highest BCUT2D eigenvalue weighted by molar-refractivity contribution is 14.1. The van der Waals surface area contributed by atoms with Gasteiger partial charge in [0.05, 0.1) is 5.69 Å². The van der Waals surface area contributed by atoms with Gasteiger partial charge in [-0.1, -0.05) is 0 Å². The molecule has 0 aliphatic rings. The highest BCUT2D eigenvalue weighted by Crippen LogP contribution is 2.22. The minimum Gasteiger partial charge on any atom is -0.397 e. The van der Waals surface area contributed by atoms with Gasteiger partial charge in [-0.25, -0.2) is 0 Å². The topological polar surface area (TPSA) is 26.0 Å². The van der Waals surface area contributed by atoms with Gasteiger partial charge in [-0.2, -0.15) is 0 Å². The van der Waals surface area contributed by atoms with Crippen LogP contribution in [0.3, 0.4) is 0 Å². The highest BCUT2D eigenvalue weighted by Gasteiger charge is 1.99. The van der Waals surface area contributed by atoms with Gasteiger partial charge < -0.3 is 5.73 Å². The summed E-state index contributed by atoms with van der Waals surface area (Å²) in [6, 6.07) is 4.16. The summed E-state index contributed by atoms with van der Waals surface area (Å²) in [5.74, 6) is 0. The Bertz CT molecular complexity index is 235. The predicted molar refractivity (Wildman–Crippen MR) is 61.0 cm³/mol. The maximum atomic E-state index is 5.74. The lowest BCUT2D eigenvalue weighted by Gasteiger charge is -2.01. The standard InChI is InChI=1S/C7H7I2N/c1-4-2-5(8)7(10)6(9)3-4/h2-3H,10H2,1H3. The molecule has 0 amide bonds. The van der Waals surface area contributed by atoms with Crippen molar-refractivity contribution in [2.45, 2.75) is 6.92 Å². The van der Waals surface area contributed by atoms with Crippen molar-refractivity contribution in [3.05, 3.63) is 24.8 Å². The van der Waals surface area contributed by atoms with Gasteiger partial charge in [0.15, 0.2) is 0 Å². The summed E-state index contributed by atoms with van der Waals surface area (Å²) >= 11 is 4.49. The first-order chi connectivity index (χ1) is 4.61. The Hall–Kier alpha value is 0.480. The molecule has 0 saturated heterocycles. The lowest BCUT2D eigenvalue weighted by Crippen LogP contribution is -1.93. The number of halogens is 2. The van der Waals surface area contributed by atoms with Crippen LogP contribution in [0.15, 0.2) is 12.1 Å². The molecule has 0 aliphatic carbocycles. The minimum absolute atomic E-state index is 0.895. The van der Waals surface area contributed by atoms with E-state index >= 15 is 0 Å². The zero-order chi connectivity index (χ0) is 7.72. The third-order valence-electron chi connectivity index (χ3n) is 1.22. The normalized spacial score (nSPS) is 9.90. The number of hydrogen-bond acceptors (Lipinski definition) is 1. The van der Waals surface area contributed by atoms with Gasteiger partial charge in [0.2, 0.25) is 0 Å². The smallest absolute Gasteiger partial charge is 0.0585 e. The first kappa shape index (κ1) is 8.58. The Labute approximate surface area is 87.7 Å². The first-order valence-electron chi connectivity index (χ1n) is 2.82. The summed E-state index contributed by atoms with van der Waals surface area (Å²) in [5.41, 5.74) is 7.90. The average molecular weight is 359 g/mol. The number of rotatable bonds is 0. The largest absolute Gasteiger partial charge is 0.397 e. The van der Waals surface area contributed by atoms with Crippen LogP contribution >= 0.6 is 45.2 Å². The van der Waals surface area contributed by atoms with E-state index in [1.165, 1.54) is 5.56 Å². The number of aryl methyl sites for hydroxylation is 1. The lowest BCUT2D eigenvalue weighted by atomic mass is 10.2. The van der Waals surface area contributed by atoms with Gasteiger partial charge in [-0.05, 0) is 69.8 Å². The monoisotopic (exact) mass is 359 g/mol. The Balaban J connectivity index is 3.31. The molecule has 3 heteroatoms. The van der Waals surface area contributed by atoms with Gasteiger partial charge in [0, 0.05) is 7.14 Å². The summed E-state index contributed by atoms with van der Waals surface area (Å²) in [5, 5.41) is 0. The predicted octanol–water partition coefficient (Wildman–Crippen LogP) is 2.79. The molecule has 0 atom stereocenters. The Morgan fingerprint density at radius 1 is 1.20 bits per heavy atom. The van der Waals surface area contributed by atoms with Gasteiger partial charge in [-0.15, -0.1) is 0 Å². The van der Waals surface area contributed by atoms with Crippen LogP contribution in [0.1, 0.15) is 5.56 Å². The van der Waals surface area contributed by atoms with E-state index in [9.17, 15) is 0 Å². The molecule has 1 rings (SSSR count). The molecular weight excluding hydrogens is 352 g/mol. The number of hydrogen-bond donors (Lipinski definition) is 1. The SMILES string of the molecule is Cc1cc(I)c(N)c(I)c1. The lowest BCUT2D eigenvalue weighted by molar-refractivity contribution is 1.43. The molecule has 54 valence electrons. The van der Waals surface area contributed by atoms with Crippen molar-refractivity contribution in [1.82, 2.24) is 0 Å². The van der Waals surface area contributed by atoms with Crippen molar-refractivity contribution in [1.29, 1.82) is 0 Å². The van der Waals surface area contributed by atoms with Crippen LogP contribution in [-0.4, -0.2) is 0 Å². The van der Waals surface area contributed by atoms with Crippen molar-refractivity contribution in [2.75, 3.05) is 5.73 Å². The molecule has 1 nitrogen and oxygen atoms in total. The molecule has 0 aliphatic heterocycles. The minimum atomic E-state index is 0.895. The number of anilines is 1. The number of nitrogen functional groups attached to an aromatic ring is 1. The van der Waals surface area contributed by atoms with Crippen molar-refractivity contribution in [3.63, 3.8) is 0 Å². The van der Waals surface area contributed by atoms with Gasteiger partial charge in [-0.3, -0.25) is 0 Å². The van der Waals surface area contributed by atoms with Gasteiger partial charge in [0.25, 0.3) is 0 Å². The van der Waals surface area contributed by atoms with E-state index in [0.29, 0.717) is 0 Å². The molecule has 1 aromatic carbocycles. The first-order valence-corrected chi connectivity index (χ1v) is 4.98. The van der Waals surface area contributed by atoms with Crippen molar-refractivity contribution < 1.29 is 0 Å². The highest BCUT2D eigenvalue weighted by atomic mass is 127. The molecule has 0 unspecified atom stereocenters. The van der Waals surface area contributed by atoms with Crippen molar-refractivity contribution >= 4 is 50.9 Å². The van der Waals surface area contributed by atoms with Crippen LogP contribution in [-0.2, 0) is 0 Å². The van der Waals surface area contributed by atoms with E-state index in [-0.39, 0.29) is 0 Å². The molecule has 10 heavy (non-hydrogen) atoms. The second kappa shape index (κ2) is 3.25. The third-order valence-corrected chi connectivity index (χ3v) is 3.01. The Morgan fingerprint density at radius 2 is 1.60 bits per heavy atom. The van der Waals surface area contributed by atoms with E-state index in [2.05, 4.69) is 64.2 Å². The fourth-order valence-corrected chi connectivity index (χ4v) is 2.79. The van der Waals surface area contributed by atoms with Crippen LogP contribution in [0.4, 0.5) is 5.69 Å². The fraction of sp³-hybridized carbons (Fsp3) is 0.143. The van der Waals surface area contributed by atoms with Crippen LogP contribution in [0.2, 0.25) is 0 Å². The Kier molecular flexibility index (Phi) is 2.79. The molecule has 1 aromatic rings. The molecule has 0 spiro atoms. The maximum absolute atomic E-state index is 5.74. The number of benzene rings is 1.